The summed E-state index contributed by atoms with van der Waals surface area (Å²) >= 11 is 0. The molecule has 0 N–H and O–H groups in total. The highest BCUT2D eigenvalue weighted by molar-refractivity contribution is 5.03. The fourth-order valence-electron chi connectivity index (χ4n) is 0.852. The van der Waals surface area contributed by atoms with Gasteiger partial charge in [-0.05, 0) is 18.8 Å². The summed E-state index contributed by atoms with van der Waals surface area (Å²) in [5.74, 6) is 0.681. The van der Waals surface area contributed by atoms with E-state index in [0.29, 0.717) is 5.92 Å². The first-order valence-corrected chi connectivity index (χ1v) is 2.72. The van der Waals surface area contributed by atoms with E-state index in [0.717, 1.165) is 0 Å². The molecule has 0 aliphatic heterocycles. The Balaban J connectivity index is 2.42. The van der Waals surface area contributed by atoms with Crippen LogP contribution < -0.4 is 0 Å². The van der Waals surface area contributed by atoms with Crippen LogP contribution in [0.25, 0.3) is 0 Å². The Kier molecular flexibility index (Phi) is 1.30. The van der Waals surface area contributed by atoms with Crippen LogP contribution in [0.3, 0.4) is 0 Å². The van der Waals surface area contributed by atoms with Gasteiger partial charge in [0.15, 0.2) is 0 Å². The minimum absolute atomic E-state index is 0.681. The summed E-state index contributed by atoms with van der Waals surface area (Å²) in [5, 5.41) is 0. The minimum Gasteiger partial charge on any atom is -0.102 e. The molecule has 1 atom stereocenters. The molecule has 0 aromatic rings. The summed E-state index contributed by atoms with van der Waals surface area (Å²) in [7, 11) is 0. The van der Waals surface area contributed by atoms with Gasteiger partial charge in [-0.2, -0.15) is 0 Å². The van der Waals surface area contributed by atoms with E-state index in [-0.39, 0.29) is 0 Å². The Labute approximate surface area is 44.5 Å². The number of allylic oxidation sites excluding steroid dienone is 3. The average molecular weight is 94.2 g/mol. The molecular weight excluding hydrogens is 84.1 g/mol. The summed E-state index contributed by atoms with van der Waals surface area (Å²) in [4.78, 5) is 0. The van der Waals surface area contributed by atoms with Gasteiger partial charge in [-0.3, -0.25) is 0 Å². The third kappa shape index (κ3) is 0.923. The van der Waals surface area contributed by atoms with Crippen LogP contribution in [0.15, 0.2) is 24.8 Å². The van der Waals surface area contributed by atoms with Gasteiger partial charge in [-0.15, -0.1) is 6.58 Å². The zero-order valence-corrected chi connectivity index (χ0v) is 4.43. The Morgan fingerprint density at radius 1 is 1.71 bits per heavy atom. The molecule has 0 saturated carbocycles. The van der Waals surface area contributed by atoms with Gasteiger partial charge < -0.3 is 0 Å². The van der Waals surface area contributed by atoms with Crippen molar-refractivity contribution in [1.29, 1.82) is 0 Å². The third-order valence-electron chi connectivity index (χ3n) is 1.35. The molecule has 0 fully saturated rings. The second kappa shape index (κ2) is 1.97. The molecule has 38 valence electrons. The summed E-state index contributed by atoms with van der Waals surface area (Å²) < 4.78 is 0. The first kappa shape index (κ1) is 4.63. The van der Waals surface area contributed by atoms with E-state index < -0.39 is 0 Å². The number of hydrogen-bond donors (Lipinski definition) is 0. The quantitative estimate of drug-likeness (QED) is 0.437. The molecule has 0 bridgehead atoms. The molecule has 0 amide bonds. The minimum atomic E-state index is 0.681. The molecule has 0 radical (unpaired) electrons. The highest BCUT2D eigenvalue weighted by atomic mass is 14.1. The van der Waals surface area contributed by atoms with Crippen molar-refractivity contribution in [2.45, 2.75) is 12.8 Å². The Morgan fingerprint density at radius 2 is 2.57 bits per heavy atom. The molecule has 0 saturated heterocycles. The van der Waals surface area contributed by atoms with E-state index in [2.05, 4.69) is 18.7 Å². The lowest BCUT2D eigenvalue weighted by Crippen LogP contribution is -1.80. The van der Waals surface area contributed by atoms with E-state index in [4.69, 9.17) is 0 Å². The second-order valence-electron chi connectivity index (χ2n) is 1.91. The lowest BCUT2D eigenvalue weighted by molar-refractivity contribution is 0.774. The van der Waals surface area contributed by atoms with Gasteiger partial charge >= 0.3 is 0 Å². The van der Waals surface area contributed by atoms with E-state index in [1.807, 2.05) is 6.08 Å². The fraction of sp³-hybridized carbons (Fsp3) is 0.429. The van der Waals surface area contributed by atoms with Crippen molar-refractivity contribution in [3.8, 4) is 0 Å². The molecule has 1 rings (SSSR count). The highest BCUT2D eigenvalue weighted by Gasteiger charge is 2.01. The van der Waals surface area contributed by atoms with Crippen molar-refractivity contribution in [3.05, 3.63) is 24.8 Å². The Bertz CT molecular complexity index is 90.2. The van der Waals surface area contributed by atoms with Gasteiger partial charge in [0.1, 0.15) is 0 Å². The first-order valence-electron chi connectivity index (χ1n) is 2.72. The molecule has 0 aromatic heterocycles. The number of hydrogen-bond acceptors (Lipinski definition) is 0. The second-order valence-corrected chi connectivity index (χ2v) is 1.91. The van der Waals surface area contributed by atoms with Crippen LogP contribution in [0.5, 0.6) is 0 Å². The monoisotopic (exact) mass is 94.1 g/mol. The van der Waals surface area contributed by atoms with Crippen LogP contribution in [0.2, 0.25) is 0 Å². The van der Waals surface area contributed by atoms with Gasteiger partial charge in [-0.25, -0.2) is 0 Å². The predicted molar refractivity (Wildman–Crippen MR) is 32.1 cm³/mol. The average Bonchev–Trinajstić information content (AvgIpc) is 2.14. The van der Waals surface area contributed by atoms with Crippen LogP contribution in [-0.4, -0.2) is 0 Å². The summed E-state index contributed by atoms with van der Waals surface area (Å²) in [6.45, 7) is 3.69. The van der Waals surface area contributed by atoms with Gasteiger partial charge in [0.2, 0.25) is 0 Å². The standard InChI is InChI=1S/C7H10/c1-2-7-5-3-4-6-7/h2-3,5,7H,1,4,6H2/t7-/m1/s1. The van der Waals surface area contributed by atoms with Crippen molar-refractivity contribution < 1.29 is 0 Å². The van der Waals surface area contributed by atoms with Crippen molar-refractivity contribution in [2.24, 2.45) is 5.92 Å². The Hall–Kier alpha value is -0.520. The van der Waals surface area contributed by atoms with Gasteiger partial charge in [0, 0.05) is 0 Å². The molecule has 1 aliphatic carbocycles. The van der Waals surface area contributed by atoms with Crippen molar-refractivity contribution in [2.75, 3.05) is 0 Å². The van der Waals surface area contributed by atoms with Gasteiger partial charge in [0.25, 0.3) is 0 Å². The maximum atomic E-state index is 3.69. The highest BCUT2D eigenvalue weighted by Crippen LogP contribution is 2.16. The zero-order valence-electron chi connectivity index (χ0n) is 4.43. The van der Waals surface area contributed by atoms with Crippen molar-refractivity contribution in [1.82, 2.24) is 0 Å². The van der Waals surface area contributed by atoms with Crippen LogP contribution in [0.4, 0.5) is 0 Å². The lowest BCUT2D eigenvalue weighted by Gasteiger charge is -1.92. The van der Waals surface area contributed by atoms with Crippen LogP contribution >= 0.6 is 0 Å². The van der Waals surface area contributed by atoms with Crippen LogP contribution in [0.1, 0.15) is 12.8 Å². The Morgan fingerprint density at radius 3 is 2.86 bits per heavy atom. The van der Waals surface area contributed by atoms with Crippen LogP contribution in [0, 0.1) is 5.92 Å². The van der Waals surface area contributed by atoms with E-state index in [1.54, 1.807) is 0 Å². The molecular formula is C7H10. The zero-order chi connectivity index (χ0) is 5.11. The normalized spacial score (nSPS) is 28.3. The lowest BCUT2D eigenvalue weighted by atomic mass is 10.1. The van der Waals surface area contributed by atoms with Gasteiger partial charge in [-0.1, -0.05) is 18.2 Å². The summed E-state index contributed by atoms with van der Waals surface area (Å²) in [5.41, 5.74) is 0. The van der Waals surface area contributed by atoms with E-state index >= 15 is 0 Å². The summed E-state index contributed by atoms with van der Waals surface area (Å²) in [6, 6.07) is 0. The SMILES string of the molecule is C=C[C@@H]1C=CCC1. The molecule has 1 aliphatic rings. The predicted octanol–water partition coefficient (Wildman–Crippen LogP) is 2.14. The third-order valence-corrected chi connectivity index (χ3v) is 1.35. The topological polar surface area (TPSA) is 0 Å². The first-order chi connectivity index (χ1) is 3.43. The van der Waals surface area contributed by atoms with E-state index in [1.165, 1.54) is 12.8 Å². The fourth-order valence-corrected chi connectivity index (χ4v) is 0.852. The number of rotatable bonds is 1. The van der Waals surface area contributed by atoms with Crippen LogP contribution in [-0.2, 0) is 0 Å². The van der Waals surface area contributed by atoms with Crippen molar-refractivity contribution in [3.63, 3.8) is 0 Å². The van der Waals surface area contributed by atoms with E-state index in [9.17, 15) is 0 Å². The smallest absolute Gasteiger partial charge is 0.00532 e. The maximum absolute atomic E-state index is 3.69. The summed E-state index contributed by atoms with van der Waals surface area (Å²) in [6.07, 6.45) is 8.96. The largest absolute Gasteiger partial charge is 0.102 e. The molecule has 0 heteroatoms. The molecule has 7 heavy (non-hydrogen) atoms. The molecule has 0 unspecified atom stereocenters. The van der Waals surface area contributed by atoms with Gasteiger partial charge in [0.05, 0.1) is 0 Å². The molecule has 0 spiro atoms. The molecule has 0 heterocycles. The molecule has 0 nitrogen and oxygen atoms in total. The maximum Gasteiger partial charge on any atom is -0.00532 e. The molecule has 0 aromatic carbocycles. The van der Waals surface area contributed by atoms with Crippen molar-refractivity contribution >= 4 is 0 Å².